The molecule has 2 aliphatic rings. The lowest BCUT2D eigenvalue weighted by Crippen LogP contribution is -2.44. The first-order chi connectivity index (χ1) is 14.2. The lowest BCUT2D eigenvalue weighted by Gasteiger charge is -2.32. The van der Waals surface area contributed by atoms with Gasteiger partial charge in [-0.05, 0) is 42.9 Å². The van der Waals surface area contributed by atoms with Gasteiger partial charge in [-0.1, -0.05) is 67.8 Å². The Labute approximate surface area is 173 Å². The summed E-state index contributed by atoms with van der Waals surface area (Å²) in [6, 6.07) is 18.1. The van der Waals surface area contributed by atoms with Crippen LogP contribution in [-0.2, 0) is 22.4 Å². The number of amides is 2. The van der Waals surface area contributed by atoms with Gasteiger partial charge in [-0.3, -0.25) is 14.5 Å². The minimum atomic E-state index is -0.0787. The van der Waals surface area contributed by atoms with Crippen molar-refractivity contribution in [3.63, 3.8) is 0 Å². The number of carbonyl (C=O) groups is 2. The predicted molar refractivity (Wildman–Crippen MR) is 115 cm³/mol. The van der Waals surface area contributed by atoms with Gasteiger partial charge in [0.1, 0.15) is 0 Å². The maximum absolute atomic E-state index is 12.7. The van der Waals surface area contributed by atoms with Crippen LogP contribution in [-0.4, -0.2) is 36.5 Å². The smallest absolute Gasteiger partial charge is 0.260 e. The highest BCUT2D eigenvalue weighted by molar-refractivity contribution is 6.07. The van der Waals surface area contributed by atoms with Crippen molar-refractivity contribution >= 4 is 11.8 Å². The van der Waals surface area contributed by atoms with Gasteiger partial charge in [-0.2, -0.15) is 0 Å². The van der Waals surface area contributed by atoms with Crippen molar-refractivity contribution in [1.29, 1.82) is 0 Å². The fraction of sp³-hybridized carbons (Fsp3) is 0.440. The molecule has 2 aromatic carbocycles. The maximum Gasteiger partial charge on any atom is 0.260 e. The summed E-state index contributed by atoms with van der Waals surface area (Å²) in [5.41, 5.74) is 3.07. The summed E-state index contributed by atoms with van der Waals surface area (Å²) < 4.78 is 4.95. The Morgan fingerprint density at radius 2 is 1.59 bits per heavy atom. The second-order valence-electron chi connectivity index (χ2n) is 7.75. The van der Waals surface area contributed by atoms with Crippen LogP contribution in [0.5, 0.6) is 0 Å². The lowest BCUT2D eigenvalue weighted by atomic mass is 9.93. The number of benzene rings is 2. The van der Waals surface area contributed by atoms with E-state index in [1.54, 1.807) is 12.0 Å². The van der Waals surface area contributed by atoms with E-state index in [0.29, 0.717) is 12.8 Å². The van der Waals surface area contributed by atoms with Crippen LogP contribution in [0.25, 0.3) is 0 Å². The number of ether oxygens (including phenoxy) is 1. The number of aryl methyl sites for hydroxylation is 1. The highest BCUT2D eigenvalue weighted by atomic mass is 16.5. The van der Waals surface area contributed by atoms with Gasteiger partial charge in [0.25, 0.3) is 5.91 Å². The molecule has 1 fully saturated rings. The fourth-order valence-corrected chi connectivity index (χ4v) is 4.13. The Balaban J connectivity index is 0.000000204. The summed E-state index contributed by atoms with van der Waals surface area (Å²) in [5, 5.41) is 0. The summed E-state index contributed by atoms with van der Waals surface area (Å²) in [5.74, 6) is -0.0712. The molecule has 0 atom stereocenters. The molecule has 4 heteroatoms. The van der Waals surface area contributed by atoms with Crippen LogP contribution in [0.1, 0.15) is 60.0 Å². The van der Waals surface area contributed by atoms with Crippen LogP contribution >= 0.6 is 0 Å². The summed E-state index contributed by atoms with van der Waals surface area (Å²) in [6.45, 7) is 0.810. The third kappa shape index (κ3) is 5.77. The minimum absolute atomic E-state index is 0.00750. The van der Waals surface area contributed by atoms with Crippen molar-refractivity contribution in [2.45, 2.75) is 57.4 Å². The van der Waals surface area contributed by atoms with E-state index in [1.807, 2.05) is 42.5 Å². The SMILES string of the molecule is COCCc1ccccc1.O=C1CCc2ccccc2C(=O)N1C1CCCCC1. The number of imide groups is 1. The zero-order valence-corrected chi connectivity index (χ0v) is 17.3. The number of rotatable bonds is 4. The molecule has 154 valence electrons. The van der Waals surface area contributed by atoms with Crippen LogP contribution in [0.2, 0.25) is 0 Å². The molecule has 2 amide bonds. The van der Waals surface area contributed by atoms with Crippen LogP contribution in [0, 0.1) is 0 Å². The van der Waals surface area contributed by atoms with Crippen LogP contribution in [0.15, 0.2) is 54.6 Å². The largest absolute Gasteiger partial charge is 0.384 e. The highest BCUT2D eigenvalue weighted by Gasteiger charge is 2.34. The molecule has 4 rings (SSSR count). The van der Waals surface area contributed by atoms with E-state index < -0.39 is 0 Å². The van der Waals surface area contributed by atoms with Crippen LogP contribution in [0.4, 0.5) is 0 Å². The lowest BCUT2D eigenvalue weighted by molar-refractivity contribution is -0.130. The van der Waals surface area contributed by atoms with Gasteiger partial charge in [0.15, 0.2) is 0 Å². The van der Waals surface area contributed by atoms with Crippen molar-refractivity contribution in [3.8, 4) is 0 Å². The Hall–Kier alpha value is -2.46. The number of fused-ring (bicyclic) bond motifs is 1. The van der Waals surface area contributed by atoms with Gasteiger partial charge in [-0.25, -0.2) is 0 Å². The first-order valence-electron chi connectivity index (χ1n) is 10.7. The Morgan fingerprint density at radius 1 is 0.897 bits per heavy atom. The Bertz CT molecular complexity index is 797. The molecule has 1 heterocycles. The molecule has 0 N–H and O–H groups in total. The summed E-state index contributed by atoms with van der Waals surface area (Å²) >= 11 is 0. The zero-order chi connectivity index (χ0) is 20.5. The third-order valence-corrected chi connectivity index (χ3v) is 5.72. The summed E-state index contributed by atoms with van der Waals surface area (Å²) in [7, 11) is 1.73. The van der Waals surface area contributed by atoms with Gasteiger partial charge >= 0.3 is 0 Å². The number of hydrogen-bond donors (Lipinski definition) is 0. The van der Waals surface area contributed by atoms with Crippen LogP contribution in [0.3, 0.4) is 0 Å². The molecule has 0 aromatic heterocycles. The molecule has 2 aromatic rings. The molecule has 0 radical (unpaired) electrons. The van der Waals surface area contributed by atoms with E-state index in [2.05, 4.69) is 12.1 Å². The number of nitrogens with zero attached hydrogens (tertiary/aromatic N) is 1. The molecule has 0 spiro atoms. The van der Waals surface area contributed by atoms with E-state index in [0.717, 1.165) is 49.8 Å². The molecule has 1 aliphatic carbocycles. The van der Waals surface area contributed by atoms with Crippen LogP contribution < -0.4 is 0 Å². The summed E-state index contributed by atoms with van der Waals surface area (Å²) in [6.07, 6.45) is 7.58. The van der Waals surface area contributed by atoms with E-state index in [1.165, 1.54) is 12.0 Å². The molecular formula is C25H31NO3. The standard InChI is InChI=1S/C16H19NO2.C9H12O/c18-15-11-10-12-6-4-5-9-14(12)16(19)17(15)13-7-2-1-3-8-13;1-10-8-7-9-5-3-2-4-6-9/h4-6,9,13H,1-3,7-8,10-11H2;2-6H,7-8H2,1H3. The van der Waals surface area contributed by atoms with Gasteiger partial charge in [0.2, 0.25) is 5.91 Å². The van der Waals surface area contributed by atoms with Gasteiger partial charge in [0, 0.05) is 25.1 Å². The van der Waals surface area contributed by atoms with E-state index in [-0.39, 0.29) is 17.9 Å². The predicted octanol–water partition coefficient (Wildman–Crippen LogP) is 4.81. The number of hydrogen-bond acceptors (Lipinski definition) is 3. The Morgan fingerprint density at radius 3 is 2.31 bits per heavy atom. The molecule has 0 bridgehead atoms. The van der Waals surface area contributed by atoms with Crippen molar-refractivity contribution in [1.82, 2.24) is 4.90 Å². The third-order valence-electron chi connectivity index (χ3n) is 5.72. The van der Waals surface area contributed by atoms with Crippen molar-refractivity contribution in [3.05, 3.63) is 71.3 Å². The molecule has 0 unspecified atom stereocenters. The molecule has 4 nitrogen and oxygen atoms in total. The van der Waals surface area contributed by atoms with E-state index >= 15 is 0 Å². The van der Waals surface area contributed by atoms with E-state index in [4.69, 9.17) is 4.74 Å². The van der Waals surface area contributed by atoms with Crippen molar-refractivity contribution in [2.75, 3.05) is 13.7 Å². The van der Waals surface area contributed by atoms with E-state index in [9.17, 15) is 9.59 Å². The Kier molecular flexibility index (Phi) is 8.00. The molecule has 1 aliphatic heterocycles. The quantitative estimate of drug-likeness (QED) is 0.701. The first kappa shape index (κ1) is 21.3. The zero-order valence-electron chi connectivity index (χ0n) is 17.3. The first-order valence-corrected chi connectivity index (χ1v) is 10.7. The van der Waals surface area contributed by atoms with Gasteiger partial charge in [-0.15, -0.1) is 0 Å². The second-order valence-corrected chi connectivity index (χ2v) is 7.75. The highest BCUT2D eigenvalue weighted by Crippen LogP contribution is 2.28. The average Bonchev–Trinajstić information content (AvgIpc) is 2.90. The fourth-order valence-electron chi connectivity index (χ4n) is 4.13. The number of methoxy groups -OCH3 is 1. The number of carbonyl (C=O) groups excluding carboxylic acids is 2. The topological polar surface area (TPSA) is 46.6 Å². The van der Waals surface area contributed by atoms with Gasteiger partial charge in [0.05, 0.1) is 6.61 Å². The van der Waals surface area contributed by atoms with Crippen molar-refractivity contribution in [2.24, 2.45) is 0 Å². The molecule has 0 saturated heterocycles. The maximum atomic E-state index is 12.7. The molecular weight excluding hydrogens is 362 g/mol. The minimum Gasteiger partial charge on any atom is -0.384 e. The second kappa shape index (κ2) is 10.9. The molecule has 29 heavy (non-hydrogen) atoms. The van der Waals surface area contributed by atoms with Crippen molar-refractivity contribution < 1.29 is 14.3 Å². The summed E-state index contributed by atoms with van der Waals surface area (Å²) in [4.78, 5) is 26.5. The monoisotopic (exact) mass is 393 g/mol. The normalized spacial score (nSPS) is 17.2. The van der Waals surface area contributed by atoms with Gasteiger partial charge < -0.3 is 4.74 Å². The average molecular weight is 394 g/mol. The molecule has 1 saturated carbocycles.